The van der Waals surface area contributed by atoms with Crippen LogP contribution in [0.25, 0.3) is 0 Å². The van der Waals surface area contributed by atoms with Gasteiger partial charge in [-0.3, -0.25) is 10.1 Å². The van der Waals surface area contributed by atoms with Gasteiger partial charge in [0.15, 0.2) is 11.5 Å². The van der Waals surface area contributed by atoms with Crippen molar-refractivity contribution in [2.24, 2.45) is 0 Å². The fraction of sp³-hybridized carbons (Fsp3) is 0.333. The van der Waals surface area contributed by atoms with E-state index in [0.29, 0.717) is 19.7 Å². The van der Waals surface area contributed by atoms with Crippen molar-refractivity contribution in [3.63, 3.8) is 0 Å². The van der Waals surface area contributed by atoms with Gasteiger partial charge in [-0.15, -0.1) is 0 Å². The lowest BCUT2D eigenvalue weighted by Gasteiger charge is -2.14. The van der Waals surface area contributed by atoms with Crippen molar-refractivity contribution in [2.45, 2.75) is 13.5 Å². The number of nitro groups is 1. The number of nitrogens with one attached hydrogen (secondary N) is 2. The minimum absolute atomic E-state index is 0.0881. The fourth-order valence-electron chi connectivity index (χ4n) is 2.39. The molecular weight excluding hydrogens is 322 g/mol. The van der Waals surface area contributed by atoms with E-state index in [4.69, 9.17) is 9.47 Å². The molecule has 0 amide bonds. The number of non-ortho nitro benzene ring substituents is 1. The van der Waals surface area contributed by atoms with Crippen molar-refractivity contribution in [3.8, 4) is 11.5 Å². The molecule has 25 heavy (non-hydrogen) atoms. The lowest BCUT2D eigenvalue weighted by Crippen LogP contribution is -2.22. The summed E-state index contributed by atoms with van der Waals surface area (Å²) in [6, 6.07) is 12.2. The summed E-state index contributed by atoms with van der Waals surface area (Å²) < 4.78 is 11.0. The Morgan fingerprint density at radius 1 is 1.12 bits per heavy atom. The van der Waals surface area contributed by atoms with E-state index in [1.165, 1.54) is 12.1 Å². The largest absolute Gasteiger partial charge is 0.493 e. The van der Waals surface area contributed by atoms with Gasteiger partial charge in [-0.1, -0.05) is 12.1 Å². The van der Waals surface area contributed by atoms with Crippen LogP contribution in [0.1, 0.15) is 12.5 Å². The van der Waals surface area contributed by atoms with Crippen molar-refractivity contribution in [3.05, 3.63) is 58.1 Å². The summed E-state index contributed by atoms with van der Waals surface area (Å²) in [6.07, 6.45) is 0. The van der Waals surface area contributed by atoms with E-state index in [1.54, 1.807) is 19.2 Å². The summed E-state index contributed by atoms with van der Waals surface area (Å²) in [4.78, 5) is 10.2. The molecule has 2 rings (SSSR count). The Balaban J connectivity index is 1.80. The summed E-state index contributed by atoms with van der Waals surface area (Å²) in [6.45, 7) is 4.62. The van der Waals surface area contributed by atoms with Crippen molar-refractivity contribution in [1.29, 1.82) is 0 Å². The fourth-order valence-corrected chi connectivity index (χ4v) is 2.39. The maximum Gasteiger partial charge on any atom is 0.269 e. The second-order valence-electron chi connectivity index (χ2n) is 5.29. The normalized spacial score (nSPS) is 10.3. The van der Waals surface area contributed by atoms with Gasteiger partial charge in [0.05, 0.1) is 18.6 Å². The summed E-state index contributed by atoms with van der Waals surface area (Å²) >= 11 is 0. The third kappa shape index (κ3) is 5.36. The Kier molecular flexibility index (Phi) is 7.03. The molecule has 0 atom stereocenters. The molecule has 7 nitrogen and oxygen atoms in total. The van der Waals surface area contributed by atoms with Crippen LogP contribution in [0.4, 0.5) is 11.4 Å². The second-order valence-corrected chi connectivity index (χ2v) is 5.29. The Bertz CT molecular complexity index is 689. The minimum Gasteiger partial charge on any atom is -0.493 e. The van der Waals surface area contributed by atoms with Crippen molar-refractivity contribution < 1.29 is 14.4 Å². The molecule has 0 aliphatic heterocycles. The molecule has 7 heteroatoms. The second kappa shape index (κ2) is 9.48. The van der Waals surface area contributed by atoms with E-state index in [2.05, 4.69) is 10.6 Å². The molecule has 2 aromatic rings. The van der Waals surface area contributed by atoms with Gasteiger partial charge in [0.2, 0.25) is 0 Å². The first-order valence-electron chi connectivity index (χ1n) is 8.13. The monoisotopic (exact) mass is 345 g/mol. The van der Waals surface area contributed by atoms with E-state index in [9.17, 15) is 10.1 Å². The number of rotatable bonds is 10. The highest BCUT2D eigenvalue weighted by atomic mass is 16.6. The Hall–Kier alpha value is -2.80. The van der Waals surface area contributed by atoms with Gasteiger partial charge in [-0.25, -0.2) is 0 Å². The van der Waals surface area contributed by atoms with Gasteiger partial charge in [0.1, 0.15) is 0 Å². The first kappa shape index (κ1) is 18.5. The Labute approximate surface area is 147 Å². The van der Waals surface area contributed by atoms with Gasteiger partial charge in [-0.05, 0) is 25.1 Å². The lowest BCUT2D eigenvalue weighted by atomic mass is 10.2. The van der Waals surface area contributed by atoms with E-state index in [-0.39, 0.29) is 5.69 Å². The predicted molar refractivity (Wildman–Crippen MR) is 97.5 cm³/mol. The van der Waals surface area contributed by atoms with E-state index in [1.807, 2.05) is 25.1 Å². The first-order chi connectivity index (χ1) is 12.2. The molecule has 2 aromatic carbocycles. The molecule has 0 aliphatic carbocycles. The molecule has 134 valence electrons. The molecule has 0 saturated heterocycles. The SMILES string of the molecule is CCOc1c(CNCCNc2ccc([N+](=O)[O-])cc2)cccc1OC. The maximum atomic E-state index is 10.6. The molecule has 2 N–H and O–H groups in total. The highest BCUT2D eigenvalue weighted by molar-refractivity contribution is 5.48. The molecule has 0 aliphatic rings. The molecule has 0 unspecified atom stereocenters. The molecule has 0 heterocycles. The molecule has 0 bridgehead atoms. The number of nitrogens with zero attached hydrogens (tertiary/aromatic N) is 1. The average Bonchev–Trinajstić information content (AvgIpc) is 2.63. The zero-order chi connectivity index (χ0) is 18.1. The zero-order valence-electron chi connectivity index (χ0n) is 14.5. The number of hydrogen-bond donors (Lipinski definition) is 2. The van der Waals surface area contributed by atoms with E-state index < -0.39 is 4.92 Å². The van der Waals surface area contributed by atoms with Crippen LogP contribution in [0.3, 0.4) is 0 Å². The minimum atomic E-state index is -0.407. The topological polar surface area (TPSA) is 85.7 Å². The van der Waals surface area contributed by atoms with Crippen LogP contribution in [-0.2, 0) is 6.54 Å². The number of benzene rings is 2. The number of methoxy groups -OCH3 is 1. The Morgan fingerprint density at radius 3 is 2.52 bits per heavy atom. The lowest BCUT2D eigenvalue weighted by molar-refractivity contribution is -0.384. The number of ether oxygens (including phenoxy) is 2. The Morgan fingerprint density at radius 2 is 1.88 bits per heavy atom. The molecule has 0 aromatic heterocycles. The summed E-state index contributed by atoms with van der Waals surface area (Å²) in [5, 5.41) is 17.2. The van der Waals surface area contributed by atoms with Gasteiger partial charge in [0.25, 0.3) is 5.69 Å². The average molecular weight is 345 g/mol. The van der Waals surface area contributed by atoms with Crippen LogP contribution < -0.4 is 20.1 Å². The molecular formula is C18H23N3O4. The highest BCUT2D eigenvalue weighted by Crippen LogP contribution is 2.30. The number of para-hydroxylation sites is 1. The van der Waals surface area contributed by atoms with Crippen molar-refractivity contribution in [2.75, 3.05) is 32.1 Å². The van der Waals surface area contributed by atoms with Crippen LogP contribution in [0.15, 0.2) is 42.5 Å². The number of nitro benzene ring substituents is 1. The molecule has 0 saturated carbocycles. The van der Waals surface area contributed by atoms with Crippen LogP contribution in [0.5, 0.6) is 11.5 Å². The van der Waals surface area contributed by atoms with E-state index in [0.717, 1.165) is 29.3 Å². The smallest absolute Gasteiger partial charge is 0.269 e. The molecule has 0 spiro atoms. The zero-order valence-corrected chi connectivity index (χ0v) is 14.5. The van der Waals surface area contributed by atoms with Crippen molar-refractivity contribution >= 4 is 11.4 Å². The van der Waals surface area contributed by atoms with E-state index >= 15 is 0 Å². The highest BCUT2D eigenvalue weighted by Gasteiger charge is 2.09. The van der Waals surface area contributed by atoms with Crippen molar-refractivity contribution in [1.82, 2.24) is 5.32 Å². The summed E-state index contributed by atoms with van der Waals surface area (Å²) in [7, 11) is 1.63. The number of anilines is 1. The van der Waals surface area contributed by atoms with Gasteiger partial charge in [-0.2, -0.15) is 0 Å². The van der Waals surface area contributed by atoms with Gasteiger partial charge < -0.3 is 20.1 Å². The quantitative estimate of drug-likeness (QED) is 0.391. The van der Waals surface area contributed by atoms with Crippen LogP contribution in [0.2, 0.25) is 0 Å². The van der Waals surface area contributed by atoms with Crippen LogP contribution in [0, 0.1) is 10.1 Å². The van der Waals surface area contributed by atoms with Gasteiger partial charge >= 0.3 is 0 Å². The van der Waals surface area contributed by atoms with Gasteiger partial charge in [0, 0.05) is 43.0 Å². The third-order valence-corrected chi connectivity index (χ3v) is 3.59. The standard InChI is InChI=1S/C18H23N3O4/c1-3-25-18-14(5-4-6-17(18)24-2)13-19-11-12-20-15-7-9-16(10-8-15)21(22)23/h4-10,19-20H,3,11-13H2,1-2H3. The summed E-state index contributed by atoms with van der Waals surface area (Å²) in [5.74, 6) is 1.49. The van der Waals surface area contributed by atoms with Crippen LogP contribution in [-0.4, -0.2) is 31.7 Å². The predicted octanol–water partition coefficient (Wildman–Crippen LogP) is 3.20. The number of hydrogen-bond acceptors (Lipinski definition) is 6. The maximum absolute atomic E-state index is 10.6. The third-order valence-electron chi connectivity index (χ3n) is 3.59. The molecule has 0 radical (unpaired) electrons. The molecule has 0 fully saturated rings. The van der Waals surface area contributed by atoms with Crippen LogP contribution >= 0.6 is 0 Å². The summed E-state index contributed by atoms with van der Waals surface area (Å²) in [5.41, 5.74) is 1.98. The first-order valence-corrected chi connectivity index (χ1v) is 8.13.